The normalized spacial score (nSPS) is 12.3. The predicted octanol–water partition coefficient (Wildman–Crippen LogP) is 5.07. The summed E-state index contributed by atoms with van der Waals surface area (Å²) >= 11 is 0. The fraction of sp³-hybridized carbons (Fsp3) is 0.286. The number of benzene rings is 3. The van der Waals surface area contributed by atoms with Crippen molar-refractivity contribution < 1.29 is 9.47 Å². The second kappa shape index (κ2) is 11.9. The summed E-state index contributed by atoms with van der Waals surface area (Å²) in [6.07, 6.45) is 0. The van der Waals surface area contributed by atoms with Gasteiger partial charge in [0.2, 0.25) is 0 Å². The molecule has 0 aliphatic rings. The van der Waals surface area contributed by atoms with Gasteiger partial charge in [-0.2, -0.15) is 0 Å². The molecule has 0 aliphatic heterocycles. The van der Waals surface area contributed by atoms with Crippen molar-refractivity contribution in [2.45, 2.75) is 53.0 Å². The third-order valence-electron chi connectivity index (χ3n) is 4.90. The number of nitrogens with zero attached hydrogens (tertiary/aromatic N) is 2. The summed E-state index contributed by atoms with van der Waals surface area (Å²) < 4.78 is 11.9. The monoisotopic (exact) mass is 458 g/mol. The van der Waals surface area contributed by atoms with E-state index in [-0.39, 0.29) is 12.1 Å². The highest BCUT2D eigenvalue weighted by atomic mass is 16.5. The lowest BCUT2D eigenvalue weighted by Gasteiger charge is -2.11. The smallest absolute Gasteiger partial charge is 0.125 e. The second-order valence-electron chi connectivity index (χ2n) is 8.66. The predicted molar refractivity (Wildman–Crippen MR) is 140 cm³/mol. The number of aliphatic imine (C=N–C) groups is 2. The lowest BCUT2D eigenvalue weighted by Crippen LogP contribution is -2.15. The molecule has 0 fully saturated rings. The Morgan fingerprint density at radius 1 is 0.647 bits per heavy atom. The lowest BCUT2D eigenvalue weighted by atomic mass is 10.1. The van der Waals surface area contributed by atoms with Crippen LogP contribution in [0, 0.1) is 0 Å². The Morgan fingerprint density at radius 3 is 1.38 bits per heavy atom. The molecule has 6 nitrogen and oxygen atoms in total. The van der Waals surface area contributed by atoms with Crippen LogP contribution < -0.4 is 20.9 Å². The van der Waals surface area contributed by atoms with Crippen LogP contribution in [0.4, 0.5) is 0 Å². The molecule has 0 spiro atoms. The number of amidine groups is 2. The molecule has 0 unspecified atom stereocenters. The van der Waals surface area contributed by atoms with Crippen LogP contribution in [0.2, 0.25) is 0 Å². The van der Waals surface area contributed by atoms with E-state index in [1.807, 2.05) is 94.4 Å². The van der Waals surface area contributed by atoms with Crippen LogP contribution in [0.25, 0.3) is 0 Å². The highest BCUT2D eigenvalue weighted by molar-refractivity contribution is 5.98. The maximum Gasteiger partial charge on any atom is 0.125 e. The van der Waals surface area contributed by atoms with Gasteiger partial charge in [-0.15, -0.1) is 0 Å². The molecule has 3 aromatic carbocycles. The zero-order valence-corrected chi connectivity index (χ0v) is 20.4. The van der Waals surface area contributed by atoms with E-state index in [9.17, 15) is 0 Å². The summed E-state index contributed by atoms with van der Waals surface area (Å²) in [5.74, 6) is 2.64. The maximum atomic E-state index is 6.02. The van der Waals surface area contributed by atoms with E-state index in [0.717, 1.165) is 33.8 Å². The topological polar surface area (TPSA) is 95.2 Å². The largest absolute Gasteiger partial charge is 0.489 e. The van der Waals surface area contributed by atoms with Gasteiger partial charge in [0.25, 0.3) is 0 Å². The molecule has 0 saturated heterocycles. The highest BCUT2D eigenvalue weighted by Gasteiger charge is 2.04. The van der Waals surface area contributed by atoms with Crippen molar-refractivity contribution in [3.05, 3.63) is 95.1 Å². The van der Waals surface area contributed by atoms with E-state index < -0.39 is 0 Å². The molecule has 0 saturated carbocycles. The summed E-state index contributed by atoms with van der Waals surface area (Å²) in [5.41, 5.74) is 16.0. The van der Waals surface area contributed by atoms with Gasteiger partial charge in [0.05, 0.1) is 0 Å². The van der Waals surface area contributed by atoms with Gasteiger partial charge < -0.3 is 20.9 Å². The van der Waals surface area contributed by atoms with Crippen molar-refractivity contribution in [3.63, 3.8) is 0 Å². The van der Waals surface area contributed by atoms with E-state index in [4.69, 9.17) is 20.9 Å². The van der Waals surface area contributed by atoms with Gasteiger partial charge >= 0.3 is 0 Å². The molecule has 3 aromatic rings. The molecule has 0 aromatic heterocycles. The van der Waals surface area contributed by atoms with Crippen molar-refractivity contribution in [1.29, 1.82) is 0 Å². The van der Waals surface area contributed by atoms with Gasteiger partial charge in [0.1, 0.15) is 36.4 Å². The Kier molecular flexibility index (Phi) is 8.68. The Morgan fingerprint density at radius 2 is 1.03 bits per heavy atom. The molecule has 6 heteroatoms. The number of rotatable bonds is 10. The minimum atomic E-state index is 0.162. The average molecular weight is 459 g/mol. The van der Waals surface area contributed by atoms with Crippen molar-refractivity contribution >= 4 is 11.7 Å². The van der Waals surface area contributed by atoms with E-state index in [1.165, 1.54) is 0 Å². The maximum absolute atomic E-state index is 6.02. The van der Waals surface area contributed by atoms with Crippen LogP contribution in [0.5, 0.6) is 11.5 Å². The number of hydrogen-bond acceptors (Lipinski definition) is 4. The first kappa shape index (κ1) is 24.8. The third kappa shape index (κ3) is 7.66. The van der Waals surface area contributed by atoms with Gasteiger partial charge in [-0.3, -0.25) is 9.98 Å². The summed E-state index contributed by atoms with van der Waals surface area (Å²) in [6, 6.07) is 23.8. The zero-order valence-electron chi connectivity index (χ0n) is 20.4. The SMILES string of the molecule is CC(C)N=C(N)c1ccc(OCc2cccc(COc3ccc(C(N)=NC(C)C)cc3)c2)cc1. The van der Waals surface area contributed by atoms with E-state index in [1.54, 1.807) is 0 Å². The molecule has 34 heavy (non-hydrogen) atoms. The molecule has 4 N–H and O–H groups in total. The van der Waals surface area contributed by atoms with Crippen molar-refractivity contribution in [1.82, 2.24) is 0 Å². The lowest BCUT2D eigenvalue weighted by molar-refractivity contribution is 0.300. The number of hydrogen-bond donors (Lipinski definition) is 2. The van der Waals surface area contributed by atoms with Crippen LogP contribution in [0.3, 0.4) is 0 Å². The minimum absolute atomic E-state index is 0.162. The van der Waals surface area contributed by atoms with Crippen LogP contribution >= 0.6 is 0 Å². The van der Waals surface area contributed by atoms with Gasteiger partial charge in [-0.1, -0.05) is 18.2 Å². The third-order valence-corrected chi connectivity index (χ3v) is 4.90. The van der Waals surface area contributed by atoms with Crippen molar-refractivity contribution in [2.75, 3.05) is 0 Å². The summed E-state index contributed by atoms with van der Waals surface area (Å²) in [5, 5.41) is 0. The first-order valence-electron chi connectivity index (χ1n) is 11.5. The van der Waals surface area contributed by atoms with E-state index in [0.29, 0.717) is 24.9 Å². The van der Waals surface area contributed by atoms with Crippen LogP contribution in [-0.4, -0.2) is 23.8 Å². The molecule has 3 rings (SSSR count). The van der Waals surface area contributed by atoms with Crippen LogP contribution in [0.15, 0.2) is 82.8 Å². The van der Waals surface area contributed by atoms with Gasteiger partial charge in [-0.05, 0) is 93.4 Å². The molecule has 0 atom stereocenters. The quantitative estimate of drug-likeness (QED) is 0.327. The van der Waals surface area contributed by atoms with Crippen LogP contribution in [-0.2, 0) is 13.2 Å². The molecule has 0 heterocycles. The molecular formula is C28H34N4O2. The first-order chi connectivity index (χ1) is 16.3. The molecule has 178 valence electrons. The fourth-order valence-corrected chi connectivity index (χ4v) is 3.29. The van der Waals surface area contributed by atoms with Crippen molar-refractivity contribution in [3.8, 4) is 11.5 Å². The second-order valence-corrected chi connectivity index (χ2v) is 8.66. The Hall–Kier alpha value is -3.80. The Labute approximate surface area is 202 Å². The Balaban J connectivity index is 1.54. The molecule has 0 bridgehead atoms. The van der Waals surface area contributed by atoms with Gasteiger partial charge in [0.15, 0.2) is 0 Å². The van der Waals surface area contributed by atoms with Crippen LogP contribution in [0.1, 0.15) is 49.9 Å². The molecule has 0 amide bonds. The summed E-state index contributed by atoms with van der Waals surface area (Å²) in [4.78, 5) is 8.75. The summed E-state index contributed by atoms with van der Waals surface area (Å²) in [6.45, 7) is 8.93. The molecule has 0 aliphatic carbocycles. The van der Waals surface area contributed by atoms with Crippen molar-refractivity contribution in [2.24, 2.45) is 21.5 Å². The zero-order chi connectivity index (χ0) is 24.5. The van der Waals surface area contributed by atoms with Gasteiger partial charge in [0, 0.05) is 23.2 Å². The summed E-state index contributed by atoms with van der Waals surface area (Å²) in [7, 11) is 0. The molecule has 0 radical (unpaired) electrons. The standard InChI is InChI=1S/C28H34N4O2/c1-19(2)31-27(29)23-8-12-25(13-9-23)33-17-21-6-5-7-22(16-21)18-34-26-14-10-24(11-15-26)28(30)32-20(3)4/h5-16,19-20H,17-18H2,1-4H3,(H2,29,31)(H2,30,32). The van der Waals surface area contributed by atoms with E-state index >= 15 is 0 Å². The fourth-order valence-electron chi connectivity index (χ4n) is 3.29. The Bertz CT molecular complexity index is 1030. The highest BCUT2D eigenvalue weighted by Crippen LogP contribution is 2.17. The average Bonchev–Trinajstić information content (AvgIpc) is 2.81. The molecular weight excluding hydrogens is 424 g/mol. The number of nitrogens with two attached hydrogens (primary N) is 2. The number of ether oxygens (including phenoxy) is 2. The minimum Gasteiger partial charge on any atom is -0.489 e. The van der Waals surface area contributed by atoms with Gasteiger partial charge in [-0.25, -0.2) is 0 Å². The van der Waals surface area contributed by atoms with E-state index in [2.05, 4.69) is 16.1 Å². The first-order valence-corrected chi connectivity index (χ1v) is 11.5.